The van der Waals surface area contributed by atoms with E-state index >= 15 is 0 Å². The fraction of sp³-hybridized carbons (Fsp3) is 0.400. The Morgan fingerprint density at radius 1 is 1.12 bits per heavy atom. The Bertz CT molecular complexity index is 431. The van der Waals surface area contributed by atoms with Crippen molar-refractivity contribution < 1.29 is 22.3 Å². The van der Waals surface area contributed by atoms with Crippen LogP contribution in [0.15, 0.2) is 6.07 Å². The zero-order valence-electron chi connectivity index (χ0n) is 8.41. The average Bonchev–Trinajstić information content (AvgIpc) is 2.20. The Hall–Kier alpha value is -1.30. The van der Waals surface area contributed by atoms with Crippen molar-refractivity contribution in [1.29, 1.82) is 0 Å². The van der Waals surface area contributed by atoms with Crippen molar-refractivity contribution in [3.05, 3.63) is 29.3 Å². The Morgan fingerprint density at radius 2 is 1.75 bits per heavy atom. The molecule has 1 saturated heterocycles. The van der Waals surface area contributed by atoms with Crippen molar-refractivity contribution in [3.63, 3.8) is 0 Å². The van der Waals surface area contributed by atoms with E-state index in [4.69, 9.17) is 4.74 Å². The smallest absolute Gasteiger partial charge is 0.203 e. The van der Waals surface area contributed by atoms with Gasteiger partial charge in [0.05, 0.1) is 0 Å². The third-order valence-electron chi connectivity index (χ3n) is 2.42. The van der Waals surface area contributed by atoms with Crippen molar-refractivity contribution in [2.24, 2.45) is 0 Å². The molecule has 0 atom stereocenters. The molecule has 1 heterocycles. The lowest BCUT2D eigenvalue weighted by atomic mass is 10.00. The van der Waals surface area contributed by atoms with Gasteiger partial charge in [0, 0.05) is 19.2 Å². The number of rotatable bonds is 2. The Morgan fingerprint density at radius 3 is 2.25 bits per heavy atom. The number of benzene rings is 1. The molecule has 1 aliphatic heterocycles. The summed E-state index contributed by atoms with van der Waals surface area (Å²) in [6, 6.07) is 0.511. The number of hydrogen-bond acceptors (Lipinski definition) is 2. The molecule has 1 fully saturated rings. The van der Waals surface area contributed by atoms with Gasteiger partial charge in [0.25, 0.3) is 0 Å². The first kappa shape index (κ1) is 11.2. The molecule has 2 rings (SSSR count). The van der Waals surface area contributed by atoms with E-state index in [2.05, 4.69) is 5.32 Å². The molecule has 6 heteroatoms. The molecule has 1 N–H and O–H groups in total. The van der Waals surface area contributed by atoms with Crippen LogP contribution in [-0.2, 0) is 0 Å². The van der Waals surface area contributed by atoms with Crippen molar-refractivity contribution >= 4 is 0 Å². The largest absolute Gasteiger partial charge is 0.482 e. The van der Waals surface area contributed by atoms with Crippen molar-refractivity contribution in [1.82, 2.24) is 5.32 Å². The molecule has 16 heavy (non-hydrogen) atoms. The summed E-state index contributed by atoms with van der Waals surface area (Å²) in [6.45, 7) is 2.53. The standard InChI is InChI=1S/C10H9F4NO/c1-10(3-15-4-10)16-6-2-5(11)7(12)9(14)8(6)13/h2,15H,3-4H2,1H3. The average molecular weight is 235 g/mol. The van der Waals surface area contributed by atoms with Gasteiger partial charge in [-0.15, -0.1) is 0 Å². The van der Waals surface area contributed by atoms with Crippen LogP contribution in [0.1, 0.15) is 6.92 Å². The zero-order valence-corrected chi connectivity index (χ0v) is 8.41. The highest BCUT2D eigenvalue weighted by molar-refractivity contribution is 5.28. The van der Waals surface area contributed by atoms with Crippen LogP contribution in [0.3, 0.4) is 0 Å². The van der Waals surface area contributed by atoms with E-state index in [-0.39, 0.29) is 0 Å². The third kappa shape index (κ3) is 1.73. The highest BCUT2D eigenvalue weighted by atomic mass is 19.2. The fourth-order valence-electron chi connectivity index (χ4n) is 1.44. The van der Waals surface area contributed by atoms with E-state index in [1.54, 1.807) is 6.92 Å². The third-order valence-corrected chi connectivity index (χ3v) is 2.42. The monoisotopic (exact) mass is 235 g/mol. The first-order chi connectivity index (χ1) is 7.43. The summed E-state index contributed by atoms with van der Waals surface area (Å²) in [6.07, 6.45) is 0. The van der Waals surface area contributed by atoms with Crippen LogP contribution in [-0.4, -0.2) is 18.7 Å². The molecule has 1 aromatic rings. The first-order valence-corrected chi connectivity index (χ1v) is 4.66. The van der Waals surface area contributed by atoms with Crippen LogP contribution in [0.4, 0.5) is 17.6 Å². The lowest BCUT2D eigenvalue weighted by molar-refractivity contribution is 0.0298. The molecular weight excluding hydrogens is 226 g/mol. The van der Waals surface area contributed by atoms with Gasteiger partial charge in [-0.1, -0.05) is 0 Å². The molecule has 0 amide bonds. The van der Waals surface area contributed by atoms with E-state index in [0.29, 0.717) is 19.2 Å². The zero-order chi connectivity index (χ0) is 11.9. The number of nitrogens with one attached hydrogen (secondary N) is 1. The van der Waals surface area contributed by atoms with Gasteiger partial charge in [0.15, 0.2) is 17.4 Å². The fourth-order valence-corrected chi connectivity index (χ4v) is 1.44. The lowest BCUT2D eigenvalue weighted by Gasteiger charge is -2.39. The van der Waals surface area contributed by atoms with Gasteiger partial charge < -0.3 is 10.1 Å². The summed E-state index contributed by atoms with van der Waals surface area (Å²) in [5.41, 5.74) is -0.711. The molecule has 0 aromatic heterocycles. The van der Waals surface area contributed by atoms with Gasteiger partial charge in [-0.2, -0.15) is 4.39 Å². The van der Waals surface area contributed by atoms with Crippen LogP contribution in [0.2, 0.25) is 0 Å². The number of ether oxygens (including phenoxy) is 1. The maximum Gasteiger partial charge on any atom is 0.203 e. The number of halogens is 4. The van der Waals surface area contributed by atoms with Crippen molar-refractivity contribution in [3.8, 4) is 5.75 Å². The molecular formula is C10H9F4NO. The van der Waals surface area contributed by atoms with E-state index in [1.807, 2.05) is 0 Å². The molecule has 0 radical (unpaired) electrons. The first-order valence-electron chi connectivity index (χ1n) is 4.66. The minimum Gasteiger partial charge on any atom is -0.482 e. The molecule has 1 aromatic carbocycles. The van der Waals surface area contributed by atoms with Gasteiger partial charge in [0.1, 0.15) is 5.60 Å². The van der Waals surface area contributed by atoms with Crippen LogP contribution in [0.25, 0.3) is 0 Å². The van der Waals surface area contributed by atoms with Gasteiger partial charge in [-0.25, -0.2) is 13.2 Å². The summed E-state index contributed by atoms with van der Waals surface area (Å²) in [5, 5.41) is 2.87. The molecule has 0 saturated carbocycles. The van der Waals surface area contributed by atoms with Crippen LogP contribution in [0, 0.1) is 23.3 Å². The topological polar surface area (TPSA) is 21.3 Å². The minimum atomic E-state index is -1.86. The highest BCUT2D eigenvalue weighted by Crippen LogP contribution is 2.28. The van der Waals surface area contributed by atoms with Gasteiger partial charge >= 0.3 is 0 Å². The summed E-state index contributed by atoms with van der Waals surface area (Å²) in [7, 11) is 0. The lowest BCUT2D eigenvalue weighted by Crippen LogP contribution is -2.61. The maximum atomic E-state index is 13.2. The second-order valence-corrected chi connectivity index (χ2v) is 3.95. The Labute approximate surface area is 89.2 Å². The van der Waals surface area contributed by atoms with Gasteiger partial charge in [-0.3, -0.25) is 0 Å². The second-order valence-electron chi connectivity index (χ2n) is 3.95. The van der Waals surface area contributed by atoms with Crippen molar-refractivity contribution in [2.75, 3.05) is 13.1 Å². The Kier molecular flexibility index (Phi) is 2.53. The molecule has 1 aliphatic rings. The SMILES string of the molecule is CC1(Oc2cc(F)c(F)c(F)c2F)CNC1. The van der Waals surface area contributed by atoms with Gasteiger partial charge in [-0.05, 0) is 6.92 Å². The van der Waals surface area contributed by atoms with E-state index < -0.39 is 34.6 Å². The van der Waals surface area contributed by atoms with Crippen LogP contribution in [0.5, 0.6) is 5.75 Å². The molecule has 0 spiro atoms. The molecule has 88 valence electrons. The molecule has 0 bridgehead atoms. The summed E-state index contributed by atoms with van der Waals surface area (Å²) >= 11 is 0. The summed E-state index contributed by atoms with van der Waals surface area (Å²) in [4.78, 5) is 0. The molecule has 0 unspecified atom stereocenters. The molecule has 2 nitrogen and oxygen atoms in total. The maximum absolute atomic E-state index is 13.2. The number of hydrogen-bond donors (Lipinski definition) is 1. The van der Waals surface area contributed by atoms with Crippen molar-refractivity contribution in [2.45, 2.75) is 12.5 Å². The summed E-state index contributed by atoms with van der Waals surface area (Å²) in [5.74, 6) is -7.27. The Balaban J connectivity index is 2.34. The van der Waals surface area contributed by atoms with Crippen LogP contribution < -0.4 is 10.1 Å². The quantitative estimate of drug-likeness (QED) is 0.481. The van der Waals surface area contributed by atoms with Crippen LogP contribution >= 0.6 is 0 Å². The van der Waals surface area contributed by atoms with E-state index in [1.165, 1.54) is 0 Å². The van der Waals surface area contributed by atoms with Gasteiger partial charge in [0.2, 0.25) is 11.6 Å². The highest BCUT2D eigenvalue weighted by Gasteiger charge is 2.35. The predicted molar refractivity (Wildman–Crippen MR) is 48.2 cm³/mol. The summed E-state index contributed by atoms with van der Waals surface area (Å²) < 4.78 is 56.7. The normalized spacial score (nSPS) is 18.1. The molecule has 0 aliphatic carbocycles. The second kappa shape index (κ2) is 3.62. The predicted octanol–water partition coefficient (Wildman–Crippen LogP) is 1.98. The van der Waals surface area contributed by atoms with E-state index in [9.17, 15) is 17.6 Å². The minimum absolute atomic E-state index is 0.438. The van der Waals surface area contributed by atoms with E-state index in [0.717, 1.165) is 0 Å².